The number of rotatable bonds is 8. The lowest BCUT2D eigenvalue weighted by molar-refractivity contribution is -0.144. The van der Waals surface area contributed by atoms with E-state index in [1.807, 2.05) is 6.07 Å². The molecular formula is C19H19F3N2O3S. The van der Waals surface area contributed by atoms with Crippen LogP contribution in [0.4, 0.5) is 13.2 Å². The molecule has 1 atom stereocenters. The molecular weight excluding hydrogens is 393 g/mol. The molecule has 0 saturated carbocycles. The average Bonchev–Trinajstić information content (AvgIpc) is 2.66. The predicted octanol–water partition coefficient (Wildman–Crippen LogP) is 4.00. The molecule has 9 heteroatoms. The lowest BCUT2D eigenvalue weighted by Crippen LogP contribution is -2.31. The maximum atomic E-state index is 12.5. The van der Waals surface area contributed by atoms with Gasteiger partial charge in [-0.15, -0.1) is 0 Å². The van der Waals surface area contributed by atoms with Crippen LogP contribution in [0.1, 0.15) is 30.5 Å². The quantitative estimate of drug-likeness (QED) is 0.524. The van der Waals surface area contributed by atoms with Crippen LogP contribution in [0.3, 0.4) is 0 Å². The number of carbonyl (C=O) groups is 2. The summed E-state index contributed by atoms with van der Waals surface area (Å²) < 4.78 is 42.6. The molecule has 0 saturated heterocycles. The summed E-state index contributed by atoms with van der Waals surface area (Å²) in [5.41, 5.74) is -0.0959. The predicted molar refractivity (Wildman–Crippen MR) is 98.5 cm³/mol. The first-order valence-corrected chi connectivity index (χ1v) is 9.44. The van der Waals surface area contributed by atoms with Crippen molar-refractivity contribution < 1.29 is 27.5 Å². The Bertz CT molecular complexity index is 783. The second-order valence-electron chi connectivity index (χ2n) is 5.71. The second-order valence-corrected chi connectivity index (χ2v) is 6.71. The summed E-state index contributed by atoms with van der Waals surface area (Å²) in [5, 5.41) is 3.06. The van der Waals surface area contributed by atoms with E-state index < -0.39 is 23.8 Å². The summed E-state index contributed by atoms with van der Waals surface area (Å²) in [7, 11) is 0. The Morgan fingerprint density at radius 3 is 2.46 bits per heavy atom. The fraction of sp³-hybridized carbons (Fsp3) is 0.316. The molecule has 150 valence electrons. The van der Waals surface area contributed by atoms with E-state index in [0.29, 0.717) is 5.03 Å². The van der Waals surface area contributed by atoms with Crippen molar-refractivity contribution in [1.82, 2.24) is 10.3 Å². The monoisotopic (exact) mass is 412 g/mol. The highest BCUT2D eigenvalue weighted by molar-refractivity contribution is 7.99. The minimum absolute atomic E-state index is 0.0210. The van der Waals surface area contributed by atoms with Gasteiger partial charge in [-0.1, -0.05) is 42.1 Å². The number of carbonyl (C=O) groups excluding carboxylic acids is 2. The molecule has 1 aromatic heterocycles. The molecule has 2 rings (SSSR count). The maximum Gasteiger partial charge on any atom is 0.417 e. The summed E-state index contributed by atoms with van der Waals surface area (Å²) in [5.74, 6) is -0.858. The number of ether oxygens (including phenoxy) is 1. The lowest BCUT2D eigenvalue weighted by Gasteiger charge is -2.18. The van der Waals surface area contributed by atoms with E-state index in [-0.39, 0.29) is 24.7 Å². The Morgan fingerprint density at radius 1 is 1.18 bits per heavy atom. The molecule has 1 N–H and O–H groups in total. The number of esters is 1. The Labute approximate surface area is 164 Å². The van der Waals surface area contributed by atoms with Crippen LogP contribution < -0.4 is 5.32 Å². The zero-order chi connectivity index (χ0) is 20.6. The van der Waals surface area contributed by atoms with Gasteiger partial charge in [-0.25, -0.2) is 4.98 Å². The molecule has 0 bridgehead atoms. The number of amides is 1. The highest BCUT2D eigenvalue weighted by Gasteiger charge is 2.30. The largest absolute Gasteiger partial charge is 0.466 e. The van der Waals surface area contributed by atoms with E-state index in [4.69, 9.17) is 4.74 Å². The van der Waals surface area contributed by atoms with Crippen molar-refractivity contribution in [3.8, 4) is 0 Å². The summed E-state index contributed by atoms with van der Waals surface area (Å²) in [6.45, 7) is 1.94. The first-order chi connectivity index (χ1) is 13.3. The molecule has 0 radical (unpaired) electrons. The third kappa shape index (κ3) is 6.88. The molecule has 0 aliphatic rings. The van der Waals surface area contributed by atoms with Crippen molar-refractivity contribution in [2.75, 3.05) is 12.4 Å². The Kier molecular flexibility index (Phi) is 7.86. The van der Waals surface area contributed by atoms with Crippen molar-refractivity contribution >= 4 is 23.6 Å². The van der Waals surface area contributed by atoms with Gasteiger partial charge in [0, 0.05) is 6.20 Å². The van der Waals surface area contributed by atoms with E-state index in [1.165, 1.54) is 6.07 Å². The minimum atomic E-state index is -4.45. The van der Waals surface area contributed by atoms with Crippen LogP contribution in [0.25, 0.3) is 0 Å². The topological polar surface area (TPSA) is 68.3 Å². The van der Waals surface area contributed by atoms with Crippen LogP contribution in [0.2, 0.25) is 0 Å². The Balaban J connectivity index is 1.96. The number of aromatic nitrogens is 1. The highest BCUT2D eigenvalue weighted by Crippen LogP contribution is 2.29. The maximum absolute atomic E-state index is 12.5. The third-order valence-electron chi connectivity index (χ3n) is 3.63. The molecule has 0 aliphatic heterocycles. The number of thioether (sulfide) groups is 1. The number of hydrogen-bond donors (Lipinski definition) is 1. The molecule has 1 aromatic carbocycles. The third-order valence-corrected chi connectivity index (χ3v) is 4.57. The first kappa shape index (κ1) is 21.7. The molecule has 5 nitrogen and oxygen atoms in total. The van der Waals surface area contributed by atoms with Crippen molar-refractivity contribution in [2.45, 2.75) is 30.6 Å². The number of alkyl halides is 3. The van der Waals surface area contributed by atoms with Gasteiger partial charge in [0.15, 0.2) is 0 Å². The van der Waals surface area contributed by atoms with Gasteiger partial charge in [0.2, 0.25) is 5.91 Å². The van der Waals surface area contributed by atoms with Gasteiger partial charge in [0.05, 0.1) is 35.4 Å². The molecule has 0 spiro atoms. The molecule has 28 heavy (non-hydrogen) atoms. The molecule has 0 aliphatic carbocycles. The van der Waals surface area contributed by atoms with Crippen LogP contribution in [0.15, 0.2) is 53.7 Å². The van der Waals surface area contributed by atoms with Gasteiger partial charge in [-0.3, -0.25) is 9.59 Å². The number of halogens is 3. The fourth-order valence-electron chi connectivity index (χ4n) is 2.33. The molecule has 0 fully saturated rings. The zero-order valence-electron chi connectivity index (χ0n) is 15.0. The normalized spacial score (nSPS) is 12.3. The van der Waals surface area contributed by atoms with Crippen LogP contribution in [0.5, 0.6) is 0 Å². The van der Waals surface area contributed by atoms with Gasteiger partial charge in [-0.05, 0) is 24.6 Å². The zero-order valence-corrected chi connectivity index (χ0v) is 15.8. The van der Waals surface area contributed by atoms with E-state index >= 15 is 0 Å². The summed E-state index contributed by atoms with van der Waals surface area (Å²) in [4.78, 5) is 27.8. The van der Waals surface area contributed by atoms with Gasteiger partial charge in [-0.2, -0.15) is 13.2 Å². The Morgan fingerprint density at radius 2 is 1.89 bits per heavy atom. The minimum Gasteiger partial charge on any atom is -0.466 e. The standard InChI is InChI=1S/C19H19F3N2O3S/c1-2-27-18(26)10-15(13-6-4-3-5-7-13)24-16(25)12-28-17-9-8-14(11-23-17)19(20,21)22/h3-9,11,15H,2,10,12H2,1H3,(H,24,25). The van der Waals surface area contributed by atoms with E-state index in [0.717, 1.165) is 29.6 Å². The lowest BCUT2D eigenvalue weighted by atomic mass is 10.0. The van der Waals surface area contributed by atoms with Gasteiger partial charge < -0.3 is 10.1 Å². The molecule has 1 unspecified atom stereocenters. The van der Waals surface area contributed by atoms with Gasteiger partial charge >= 0.3 is 12.1 Å². The Hall–Kier alpha value is -2.55. The number of hydrogen-bond acceptors (Lipinski definition) is 5. The average molecular weight is 412 g/mol. The van der Waals surface area contributed by atoms with E-state index in [9.17, 15) is 22.8 Å². The fourth-order valence-corrected chi connectivity index (χ4v) is 2.99. The van der Waals surface area contributed by atoms with Gasteiger partial charge in [0.1, 0.15) is 0 Å². The van der Waals surface area contributed by atoms with Gasteiger partial charge in [0.25, 0.3) is 0 Å². The smallest absolute Gasteiger partial charge is 0.417 e. The SMILES string of the molecule is CCOC(=O)CC(NC(=O)CSc1ccc(C(F)(F)F)cn1)c1ccccc1. The summed E-state index contributed by atoms with van der Waals surface area (Å²) in [6, 6.07) is 10.5. The summed E-state index contributed by atoms with van der Waals surface area (Å²) >= 11 is 1.01. The number of nitrogens with zero attached hydrogens (tertiary/aromatic N) is 1. The number of benzene rings is 1. The second kappa shape index (κ2) is 10.1. The molecule has 2 aromatic rings. The molecule has 1 amide bonds. The summed E-state index contributed by atoms with van der Waals surface area (Å²) in [6.07, 6.45) is -3.75. The van der Waals surface area contributed by atoms with Crippen molar-refractivity contribution in [3.05, 3.63) is 59.8 Å². The van der Waals surface area contributed by atoms with Crippen LogP contribution >= 0.6 is 11.8 Å². The first-order valence-electron chi connectivity index (χ1n) is 8.45. The van der Waals surface area contributed by atoms with E-state index in [1.54, 1.807) is 31.2 Å². The van der Waals surface area contributed by atoms with Crippen LogP contribution in [-0.2, 0) is 20.5 Å². The van der Waals surface area contributed by atoms with E-state index in [2.05, 4.69) is 10.3 Å². The van der Waals surface area contributed by atoms with Crippen LogP contribution in [-0.4, -0.2) is 29.2 Å². The van der Waals surface area contributed by atoms with Crippen molar-refractivity contribution in [2.24, 2.45) is 0 Å². The number of pyridine rings is 1. The van der Waals surface area contributed by atoms with Crippen molar-refractivity contribution in [1.29, 1.82) is 0 Å². The number of nitrogens with one attached hydrogen (secondary N) is 1. The highest BCUT2D eigenvalue weighted by atomic mass is 32.2. The van der Waals surface area contributed by atoms with Crippen molar-refractivity contribution in [3.63, 3.8) is 0 Å². The molecule has 1 heterocycles. The van der Waals surface area contributed by atoms with Crippen LogP contribution in [0, 0.1) is 0 Å².